The molecule has 0 aliphatic carbocycles. The first-order chi connectivity index (χ1) is 10.1. The summed E-state index contributed by atoms with van der Waals surface area (Å²) < 4.78 is 5.37. The molecule has 0 unspecified atom stereocenters. The fourth-order valence-electron chi connectivity index (χ4n) is 1.79. The minimum absolute atomic E-state index is 0.272. The summed E-state index contributed by atoms with van der Waals surface area (Å²) in [7, 11) is 0. The first-order valence-corrected chi connectivity index (χ1v) is 6.72. The maximum absolute atomic E-state index is 8.60. The van der Waals surface area contributed by atoms with E-state index >= 15 is 0 Å². The van der Waals surface area contributed by atoms with Crippen LogP contribution in [-0.4, -0.2) is 11.0 Å². The molecule has 0 fully saturated rings. The van der Waals surface area contributed by atoms with Crippen LogP contribution in [0.15, 0.2) is 47.2 Å². The van der Waals surface area contributed by atoms with Crippen LogP contribution < -0.4 is 10.6 Å². The van der Waals surface area contributed by atoms with E-state index in [0.717, 1.165) is 16.9 Å². The molecule has 2 rings (SSSR count). The number of nitrogens with one attached hydrogen (secondary N) is 2. The maximum atomic E-state index is 8.60. The van der Waals surface area contributed by atoms with Crippen LogP contribution in [0.5, 0.6) is 0 Å². The fraction of sp³-hybridized carbons (Fsp3) is 0.250. The monoisotopic (exact) mass is 282 g/mol. The van der Waals surface area contributed by atoms with Crippen LogP contribution in [0.4, 0.5) is 11.7 Å². The molecule has 1 heterocycles. The average molecular weight is 282 g/mol. The predicted molar refractivity (Wildman–Crippen MR) is 83.7 cm³/mol. The van der Waals surface area contributed by atoms with Crippen LogP contribution in [-0.2, 0) is 0 Å². The normalized spacial score (nSPS) is 10.2. The van der Waals surface area contributed by atoms with E-state index in [0.29, 0.717) is 11.7 Å². The van der Waals surface area contributed by atoms with Gasteiger partial charge in [0, 0.05) is 23.0 Å². The molecular weight excluding hydrogens is 264 g/mol. The molecule has 108 valence electrons. The molecule has 0 spiro atoms. The number of oxazole rings is 1. The van der Waals surface area contributed by atoms with Gasteiger partial charge in [-0.2, -0.15) is 10.2 Å². The van der Waals surface area contributed by atoms with Gasteiger partial charge in [-0.3, -0.25) is 0 Å². The SMILES string of the molecule is C=C(CC#N)Nc1ccc(-c2coc(NC(C)C)n2)cc1. The van der Waals surface area contributed by atoms with Gasteiger partial charge in [0.05, 0.1) is 12.5 Å². The molecule has 2 N–H and O–H groups in total. The van der Waals surface area contributed by atoms with Gasteiger partial charge in [0.25, 0.3) is 6.01 Å². The Bertz CT molecular complexity index is 650. The van der Waals surface area contributed by atoms with Crippen molar-refractivity contribution >= 4 is 11.7 Å². The first-order valence-electron chi connectivity index (χ1n) is 6.72. The highest BCUT2D eigenvalue weighted by atomic mass is 16.4. The van der Waals surface area contributed by atoms with Crippen LogP contribution >= 0.6 is 0 Å². The third-order valence-corrected chi connectivity index (χ3v) is 2.71. The molecule has 0 radical (unpaired) electrons. The van der Waals surface area contributed by atoms with Crippen molar-refractivity contribution in [2.75, 3.05) is 10.6 Å². The van der Waals surface area contributed by atoms with Crippen molar-refractivity contribution in [3.8, 4) is 17.3 Å². The Morgan fingerprint density at radius 1 is 1.38 bits per heavy atom. The molecule has 0 saturated heterocycles. The third-order valence-electron chi connectivity index (χ3n) is 2.71. The summed E-state index contributed by atoms with van der Waals surface area (Å²) in [6.07, 6.45) is 1.91. The minimum atomic E-state index is 0.272. The summed E-state index contributed by atoms with van der Waals surface area (Å²) in [6, 6.07) is 10.6. The summed E-state index contributed by atoms with van der Waals surface area (Å²) in [6.45, 7) is 7.83. The Hall–Kier alpha value is -2.74. The van der Waals surface area contributed by atoms with E-state index in [4.69, 9.17) is 9.68 Å². The van der Waals surface area contributed by atoms with Crippen LogP contribution in [0.25, 0.3) is 11.3 Å². The number of aromatic nitrogens is 1. The Morgan fingerprint density at radius 3 is 2.71 bits per heavy atom. The van der Waals surface area contributed by atoms with Crippen molar-refractivity contribution in [1.82, 2.24) is 4.98 Å². The van der Waals surface area contributed by atoms with Gasteiger partial charge >= 0.3 is 0 Å². The lowest BCUT2D eigenvalue weighted by molar-refractivity contribution is 0.565. The second kappa shape index (κ2) is 6.62. The number of hydrogen-bond donors (Lipinski definition) is 2. The zero-order valence-corrected chi connectivity index (χ0v) is 12.2. The van der Waals surface area contributed by atoms with E-state index in [-0.39, 0.29) is 12.5 Å². The highest BCUT2D eigenvalue weighted by Gasteiger charge is 2.07. The Labute approximate surface area is 124 Å². The summed E-state index contributed by atoms with van der Waals surface area (Å²) in [4.78, 5) is 4.38. The molecule has 0 atom stereocenters. The standard InChI is InChI=1S/C16H18N4O/c1-11(2)18-16-20-15(10-21-16)13-4-6-14(7-5-13)19-12(3)8-9-17/h4-7,10-11,19H,3,8H2,1-2H3,(H,18,20). The highest BCUT2D eigenvalue weighted by molar-refractivity contribution is 5.63. The van der Waals surface area contributed by atoms with Gasteiger partial charge in [-0.15, -0.1) is 0 Å². The lowest BCUT2D eigenvalue weighted by Gasteiger charge is -2.06. The first kappa shape index (κ1) is 14.7. The molecule has 5 nitrogen and oxygen atoms in total. The average Bonchev–Trinajstić information content (AvgIpc) is 2.87. The molecule has 1 aromatic carbocycles. The second-order valence-electron chi connectivity index (χ2n) is 4.98. The van der Waals surface area contributed by atoms with E-state index in [2.05, 4.69) is 28.3 Å². The number of anilines is 2. The predicted octanol–water partition coefficient (Wildman–Crippen LogP) is 4.00. The van der Waals surface area contributed by atoms with E-state index in [1.165, 1.54) is 0 Å². The van der Waals surface area contributed by atoms with Crippen molar-refractivity contribution in [2.45, 2.75) is 26.3 Å². The molecular formula is C16H18N4O. The smallest absolute Gasteiger partial charge is 0.295 e. The molecule has 21 heavy (non-hydrogen) atoms. The zero-order valence-electron chi connectivity index (χ0n) is 12.2. The number of hydrogen-bond acceptors (Lipinski definition) is 5. The highest BCUT2D eigenvalue weighted by Crippen LogP contribution is 2.23. The summed E-state index contributed by atoms with van der Waals surface area (Å²) >= 11 is 0. The van der Waals surface area contributed by atoms with Gasteiger partial charge in [-0.25, -0.2) is 0 Å². The van der Waals surface area contributed by atoms with Crippen molar-refractivity contribution in [1.29, 1.82) is 5.26 Å². The fourth-order valence-corrected chi connectivity index (χ4v) is 1.79. The Balaban J connectivity index is 2.06. The Morgan fingerprint density at radius 2 is 2.10 bits per heavy atom. The lowest BCUT2D eigenvalue weighted by atomic mass is 10.1. The van der Waals surface area contributed by atoms with Crippen molar-refractivity contribution < 1.29 is 4.42 Å². The van der Waals surface area contributed by atoms with Gasteiger partial charge in [0.15, 0.2) is 0 Å². The number of nitrogens with zero attached hydrogens (tertiary/aromatic N) is 2. The lowest BCUT2D eigenvalue weighted by Crippen LogP contribution is -2.09. The molecule has 5 heteroatoms. The van der Waals surface area contributed by atoms with Crippen LogP contribution in [0, 0.1) is 11.3 Å². The van der Waals surface area contributed by atoms with Gasteiger partial charge in [0.1, 0.15) is 12.0 Å². The quantitative estimate of drug-likeness (QED) is 0.837. The number of benzene rings is 1. The van der Waals surface area contributed by atoms with Crippen molar-refractivity contribution in [3.63, 3.8) is 0 Å². The summed E-state index contributed by atoms with van der Waals surface area (Å²) in [5.41, 5.74) is 3.31. The van der Waals surface area contributed by atoms with Gasteiger partial charge in [0.2, 0.25) is 0 Å². The largest absolute Gasteiger partial charge is 0.432 e. The van der Waals surface area contributed by atoms with E-state index < -0.39 is 0 Å². The number of nitriles is 1. The van der Waals surface area contributed by atoms with Gasteiger partial charge in [-0.1, -0.05) is 18.7 Å². The molecule has 0 saturated carbocycles. The zero-order chi connectivity index (χ0) is 15.2. The van der Waals surface area contributed by atoms with E-state index in [1.54, 1.807) is 6.26 Å². The molecule has 1 aromatic heterocycles. The third kappa shape index (κ3) is 4.11. The van der Waals surface area contributed by atoms with Crippen LogP contribution in [0.1, 0.15) is 20.3 Å². The van der Waals surface area contributed by atoms with Crippen LogP contribution in [0.3, 0.4) is 0 Å². The minimum Gasteiger partial charge on any atom is -0.432 e. The van der Waals surface area contributed by atoms with Crippen molar-refractivity contribution in [2.24, 2.45) is 0 Å². The maximum Gasteiger partial charge on any atom is 0.295 e. The van der Waals surface area contributed by atoms with Crippen LogP contribution in [0.2, 0.25) is 0 Å². The molecule has 0 bridgehead atoms. The van der Waals surface area contributed by atoms with Gasteiger partial charge < -0.3 is 15.1 Å². The Kier molecular flexibility index (Phi) is 4.62. The summed E-state index contributed by atoms with van der Waals surface area (Å²) in [5.74, 6) is 0. The second-order valence-corrected chi connectivity index (χ2v) is 4.98. The van der Waals surface area contributed by atoms with Crippen molar-refractivity contribution in [3.05, 3.63) is 42.8 Å². The van der Waals surface area contributed by atoms with Gasteiger partial charge in [-0.05, 0) is 26.0 Å². The topological polar surface area (TPSA) is 73.9 Å². The molecule has 2 aromatic rings. The molecule has 0 aliphatic heterocycles. The number of rotatable bonds is 6. The number of allylic oxidation sites excluding steroid dienone is 1. The van der Waals surface area contributed by atoms with E-state index in [1.807, 2.05) is 38.1 Å². The summed E-state index contributed by atoms with van der Waals surface area (Å²) in [5, 5.41) is 14.8. The molecule has 0 aliphatic rings. The van der Waals surface area contributed by atoms with E-state index in [9.17, 15) is 0 Å². The molecule has 0 amide bonds.